The number of hydrogen-bond donors (Lipinski definition) is 1. The second-order valence-corrected chi connectivity index (χ2v) is 9.16. The smallest absolute Gasteiger partial charge is 0.416 e. The van der Waals surface area contributed by atoms with E-state index in [9.17, 15) is 13.2 Å². The summed E-state index contributed by atoms with van der Waals surface area (Å²) >= 11 is 0. The number of aliphatic hydroxyl groups excluding tert-OH is 1. The summed E-state index contributed by atoms with van der Waals surface area (Å²) in [5, 5.41) is 8.94. The third kappa shape index (κ3) is 4.39. The van der Waals surface area contributed by atoms with Crippen LogP contribution in [0, 0.1) is 0 Å². The molecule has 17 heavy (non-hydrogen) atoms. The molecule has 0 unspecified atom stereocenters. The van der Waals surface area contributed by atoms with Crippen LogP contribution in [0.4, 0.5) is 13.2 Å². The van der Waals surface area contributed by atoms with Gasteiger partial charge in [-0.25, -0.2) is 0 Å². The van der Waals surface area contributed by atoms with Gasteiger partial charge in [0.05, 0.1) is 12.2 Å². The van der Waals surface area contributed by atoms with Gasteiger partial charge in [0, 0.05) is 0 Å². The molecule has 0 spiro atoms. The van der Waals surface area contributed by atoms with Gasteiger partial charge in [-0.15, -0.1) is 0 Å². The zero-order valence-corrected chi connectivity index (χ0v) is 10.9. The van der Waals surface area contributed by atoms with Crippen molar-refractivity contribution in [3.8, 4) is 5.75 Å². The Kier molecular flexibility index (Phi) is 3.88. The van der Waals surface area contributed by atoms with Gasteiger partial charge in [0.1, 0.15) is 5.75 Å². The largest absolute Gasteiger partial charge is 0.544 e. The highest BCUT2D eigenvalue weighted by Crippen LogP contribution is 2.33. The monoisotopic (exact) mass is 264 g/mol. The van der Waals surface area contributed by atoms with Crippen molar-refractivity contribution < 1.29 is 22.7 Å². The summed E-state index contributed by atoms with van der Waals surface area (Å²) in [4.78, 5) is 0. The molecule has 0 saturated carbocycles. The highest BCUT2D eigenvalue weighted by Gasteiger charge is 2.31. The molecule has 1 aromatic rings. The van der Waals surface area contributed by atoms with E-state index in [2.05, 4.69) is 0 Å². The van der Waals surface area contributed by atoms with Gasteiger partial charge >= 0.3 is 6.18 Å². The van der Waals surface area contributed by atoms with E-state index in [0.717, 1.165) is 12.1 Å². The highest BCUT2D eigenvalue weighted by molar-refractivity contribution is 6.70. The van der Waals surface area contributed by atoms with Crippen LogP contribution >= 0.6 is 0 Å². The van der Waals surface area contributed by atoms with E-state index in [4.69, 9.17) is 9.53 Å². The average molecular weight is 264 g/mol. The lowest BCUT2D eigenvalue weighted by molar-refractivity contribution is -0.137. The van der Waals surface area contributed by atoms with Crippen molar-refractivity contribution in [3.05, 3.63) is 29.3 Å². The van der Waals surface area contributed by atoms with Crippen molar-refractivity contribution in [3.63, 3.8) is 0 Å². The molecular weight excluding hydrogens is 249 g/mol. The minimum Gasteiger partial charge on any atom is -0.544 e. The molecule has 0 atom stereocenters. The quantitative estimate of drug-likeness (QED) is 0.848. The standard InChI is InChI=1S/C11H15F3O2Si/c1-17(2,3)16-10-5-8(7-15)4-9(6-10)11(12,13)14/h4-6,15H,7H2,1-3H3. The number of rotatable bonds is 3. The molecule has 0 amide bonds. The van der Waals surface area contributed by atoms with Crippen molar-refractivity contribution in [2.75, 3.05) is 0 Å². The first-order valence-electron chi connectivity index (χ1n) is 5.13. The summed E-state index contributed by atoms with van der Waals surface area (Å²) in [6.07, 6.45) is -4.43. The molecule has 6 heteroatoms. The van der Waals surface area contributed by atoms with Crippen LogP contribution in [0.5, 0.6) is 5.75 Å². The Morgan fingerprint density at radius 2 is 1.76 bits per heavy atom. The molecule has 0 heterocycles. The number of hydrogen-bond acceptors (Lipinski definition) is 2. The Labute approximate surface area is 99.2 Å². The zero-order valence-electron chi connectivity index (χ0n) is 9.93. The molecule has 96 valence electrons. The second kappa shape index (κ2) is 4.70. The van der Waals surface area contributed by atoms with E-state index in [1.165, 1.54) is 6.07 Å². The van der Waals surface area contributed by atoms with Gasteiger partial charge in [0.25, 0.3) is 0 Å². The third-order valence-electron chi connectivity index (χ3n) is 1.90. The van der Waals surface area contributed by atoms with Crippen molar-refractivity contribution in [2.24, 2.45) is 0 Å². The van der Waals surface area contributed by atoms with E-state index >= 15 is 0 Å². The van der Waals surface area contributed by atoms with Gasteiger partial charge in [-0.1, -0.05) is 0 Å². The molecule has 0 fully saturated rings. The predicted molar refractivity (Wildman–Crippen MR) is 61.3 cm³/mol. The minimum atomic E-state index is -4.43. The van der Waals surface area contributed by atoms with Gasteiger partial charge in [0.15, 0.2) is 0 Å². The third-order valence-corrected chi connectivity index (χ3v) is 2.75. The Morgan fingerprint density at radius 3 is 2.18 bits per heavy atom. The zero-order chi connectivity index (χ0) is 13.3. The number of halogens is 3. The topological polar surface area (TPSA) is 29.5 Å². The fourth-order valence-corrected chi connectivity index (χ4v) is 2.15. The summed E-state index contributed by atoms with van der Waals surface area (Å²) in [5.41, 5.74) is -0.592. The van der Waals surface area contributed by atoms with Crippen molar-refractivity contribution in [1.29, 1.82) is 0 Å². The molecule has 1 aromatic carbocycles. The van der Waals surface area contributed by atoms with E-state index in [1.54, 1.807) is 0 Å². The van der Waals surface area contributed by atoms with Crippen molar-refractivity contribution in [2.45, 2.75) is 32.4 Å². The van der Waals surface area contributed by atoms with Crippen LogP contribution in [0.2, 0.25) is 19.6 Å². The molecule has 0 bridgehead atoms. The fourth-order valence-electron chi connectivity index (χ4n) is 1.33. The van der Waals surface area contributed by atoms with Crippen LogP contribution in [-0.4, -0.2) is 13.4 Å². The van der Waals surface area contributed by atoms with E-state index < -0.39 is 26.7 Å². The van der Waals surface area contributed by atoms with Gasteiger partial charge in [-0.3, -0.25) is 0 Å². The van der Waals surface area contributed by atoms with Gasteiger partial charge in [-0.2, -0.15) is 13.2 Å². The predicted octanol–water partition coefficient (Wildman–Crippen LogP) is 3.41. The first-order valence-corrected chi connectivity index (χ1v) is 8.54. The molecule has 2 nitrogen and oxygen atoms in total. The summed E-state index contributed by atoms with van der Waals surface area (Å²) in [5.74, 6) is 0.169. The molecule has 0 aliphatic rings. The van der Waals surface area contributed by atoms with Crippen LogP contribution in [0.15, 0.2) is 18.2 Å². The molecule has 0 aliphatic carbocycles. The van der Waals surface area contributed by atoms with Crippen molar-refractivity contribution >= 4 is 8.32 Å². The van der Waals surface area contributed by atoms with Gasteiger partial charge < -0.3 is 9.53 Å². The summed E-state index contributed by atoms with van der Waals surface area (Å²) in [6, 6.07) is 3.34. The van der Waals surface area contributed by atoms with Gasteiger partial charge in [-0.05, 0) is 43.4 Å². The normalized spacial score (nSPS) is 12.6. The Morgan fingerprint density at radius 1 is 1.18 bits per heavy atom. The lowest BCUT2D eigenvalue weighted by Gasteiger charge is -2.20. The van der Waals surface area contributed by atoms with Gasteiger partial charge in [0.2, 0.25) is 8.32 Å². The second-order valence-electron chi connectivity index (χ2n) is 4.74. The molecular formula is C11H15F3O2Si. The molecule has 1 rings (SSSR count). The van der Waals surface area contributed by atoms with Crippen LogP contribution in [0.3, 0.4) is 0 Å². The van der Waals surface area contributed by atoms with Crippen LogP contribution in [-0.2, 0) is 12.8 Å². The summed E-state index contributed by atoms with van der Waals surface area (Å²) in [6.45, 7) is 5.20. The lowest BCUT2D eigenvalue weighted by Crippen LogP contribution is -2.29. The molecule has 0 radical (unpaired) electrons. The van der Waals surface area contributed by atoms with Crippen LogP contribution in [0.25, 0.3) is 0 Å². The Hall–Kier alpha value is -1.01. The van der Waals surface area contributed by atoms with Crippen LogP contribution < -0.4 is 4.43 Å². The Balaban J connectivity index is 3.15. The summed E-state index contributed by atoms with van der Waals surface area (Å²) < 4.78 is 43.3. The number of benzene rings is 1. The SMILES string of the molecule is C[Si](C)(C)Oc1cc(CO)cc(C(F)(F)F)c1. The minimum absolute atomic E-state index is 0.169. The van der Waals surface area contributed by atoms with E-state index in [1.807, 2.05) is 19.6 Å². The molecule has 0 aromatic heterocycles. The fraction of sp³-hybridized carbons (Fsp3) is 0.455. The highest BCUT2D eigenvalue weighted by atomic mass is 28.4. The molecule has 0 aliphatic heterocycles. The molecule has 1 N–H and O–H groups in total. The van der Waals surface area contributed by atoms with Crippen LogP contribution in [0.1, 0.15) is 11.1 Å². The maximum atomic E-state index is 12.6. The number of alkyl halides is 3. The lowest BCUT2D eigenvalue weighted by atomic mass is 10.1. The summed E-state index contributed by atoms with van der Waals surface area (Å²) in [7, 11) is -1.96. The van der Waals surface area contributed by atoms with E-state index in [0.29, 0.717) is 0 Å². The average Bonchev–Trinajstić information content (AvgIpc) is 2.13. The van der Waals surface area contributed by atoms with Crippen molar-refractivity contribution in [1.82, 2.24) is 0 Å². The van der Waals surface area contributed by atoms with E-state index in [-0.39, 0.29) is 11.3 Å². The maximum absolute atomic E-state index is 12.6. The first kappa shape index (κ1) is 14.0. The Bertz CT molecular complexity index is 397. The number of aliphatic hydroxyl groups is 1. The molecule has 0 saturated heterocycles. The maximum Gasteiger partial charge on any atom is 0.416 e. The first-order chi connectivity index (χ1) is 7.62.